The molecule has 1 unspecified atom stereocenters. The number of aromatic nitrogens is 2. The highest BCUT2D eigenvalue weighted by Crippen LogP contribution is 2.32. The van der Waals surface area contributed by atoms with Gasteiger partial charge in [-0.2, -0.15) is 0 Å². The van der Waals surface area contributed by atoms with Gasteiger partial charge in [-0.05, 0) is 31.2 Å². The summed E-state index contributed by atoms with van der Waals surface area (Å²) < 4.78 is 14.1. The number of benzene rings is 2. The van der Waals surface area contributed by atoms with Gasteiger partial charge in [0.15, 0.2) is 5.82 Å². The Morgan fingerprint density at radius 2 is 1.96 bits per heavy atom. The maximum absolute atomic E-state index is 14.1. The first-order valence-corrected chi connectivity index (χ1v) is 7.30. The molecule has 0 aliphatic rings. The van der Waals surface area contributed by atoms with Gasteiger partial charge < -0.3 is 16.2 Å². The normalized spacial score (nSPS) is 12.3. The van der Waals surface area contributed by atoms with Crippen molar-refractivity contribution in [2.24, 2.45) is 5.73 Å². The minimum absolute atomic E-state index is 0.0119. The summed E-state index contributed by atoms with van der Waals surface area (Å²) in [6, 6.07) is 11.5. The van der Waals surface area contributed by atoms with Crippen molar-refractivity contribution in [3.8, 4) is 17.1 Å². The highest BCUT2D eigenvalue weighted by molar-refractivity contribution is 5.90. The zero-order valence-electron chi connectivity index (χ0n) is 12.6. The fraction of sp³-hybridized carbons (Fsp3) is 0.176. The minimum Gasteiger partial charge on any atom is -0.507 e. The second-order valence-corrected chi connectivity index (χ2v) is 5.41. The fourth-order valence-corrected chi connectivity index (χ4v) is 2.31. The van der Waals surface area contributed by atoms with Crippen molar-refractivity contribution in [2.45, 2.75) is 13.0 Å². The van der Waals surface area contributed by atoms with E-state index in [-0.39, 0.29) is 23.2 Å². The Labute approximate surface area is 133 Å². The SMILES string of the molecule is CC(N)CNc1nc(-c2c(O)cccc2F)nc2ccccc12. The van der Waals surface area contributed by atoms with Crippen molar-refractivity contribution in [3.05, 3.63) is 48.3 Å². The van der Waals surface area contributed by atoms with Crippen LogP contribution in [0.1, 0.15) is 6.92 Å². The molecule has 1 heterocycles. The van der Waals surface area contributed by atoms with Crippen molar-refractivity contribution >= 4 is 16.7 Å². The van der Waals surface area contributed by atoms with Crippen LogP contribution in [0.2, 0.25) is 0 Å². The maximum atomic E-state index is 14.1. The highest BCUT2D eigenvalue weighted by Gasteiger charge is 2.16. The summed E-state index contributed by atoms with van der Waals surface area (Å²) in [6.45, 7) is 2.39. The number of nitrogens with two attached hydrogens (primary N) is 1. The van der Waals surface area contributed by atoms with Gasteiger partial charge in [-0.15, -0.1) is 0 Å². The molecule has 5 nitrogen and oxygen atoms in total. The molecule has 1 atom stereocenters. The lowest BCUT2D eigenvalue weighted by Gasteiger charge is -2.13. The van der Waals surface area contributed by atoms with Crippen LogP contribution in [0.5, 0.6) is 5.75 Å². The molecule has 0 spiro atoms. The van der Waals surface area contributed by atoms with Crippen LogP contribution in [0.15, 0.2) is 42.5 Å². The summed E-state index contributed by atoms with van der Waals surface area (Å²) in [4.78, 5) is 8.76. The van der Waals surface area contributed by atoms with Crippen LogP contribution in [0.4, 0.5) is 10.2 Å². The molecule has 0 aliphatic carbocycles. The van der Waals surface area contributed by atoms with Gasteiger partial charge in [-0.1, -0.05) is 18.2 Å². The van der Waals surface area contributed by atoms with Crippen LogP contribution in [0.25, 0.3) is 22.3 Å². The number of halogens is 1. The largest absolute Gasteiger partial charge is 0.507 e. The third kappa shape index (κ3) is 3.07. The molecular weight excluding hydrogens is 295 g/mol. The maximum Gasteiger partial charge on any atom is 0.168 e. The van der Waals surface area contributed by atoms with Gasteiger partial charge in [-0.25, -0.2) is 14.4 Å². The molecule has 6 heteroatoms. The van der Waals surface area contributed by atoms with Gasteiger partial charge in [0.1, 0.15) is 17.4 Å². The molecule has 118 valence electrons. The van der Waals surface area contributed by atoms with Gasteiger partial charge in [-0.3, -0.25) is 0 Å². The van der Waals surface area contributed by atoms with Gasteiger partial charge in [0.05, 0.1) is 11.1 Å². The number of nitrogens with zero attached hydrogens (tertiary/aromatic N) is 2. The van der Waals surface area contributed by atoms with Crippen LogP contribution in [0.3, 0.4) is 0 Å². The Hall–Kier alpha value is -2.73. The summed E-state index contributed by atoms with van der Waals surface area (Å²) in [5.74, 6) is -0.0751. The number of phenolic OH excluding ortho intramolecular Hbond substituents is 1. The van der Waals surface area contributed by atoms with E-state index >= 15 is 0 Å². The van der Waals surface area contributed by atoms with E-state index in [1.165, 1.54) is 18.2 Å². The van der Waals surface area contributed by atoms with Crippen LogP contribution < -0.4 is 11.1 Å². The lowest BCUT2D eigenvalue weighted by atomic mass is 10.1. The number of aromatic hydroxyl groups is 1. The first-order chi connectivity index (χ1) is 11.1. The van der Waals surface area contributed by atoms with E-state index in [0.717, 1.165) is 5.39 Å². The average Bonchev–Trinajstić information content (AvgIpc) is 2.52. The van der Waals surface area contributed by atoms with Gasteiger partial charge in [0.25, 0.3) is 0 Å². The first-order valence-electron chi connectivity index (χ1n) is 7.30. The lowest BCUT2D eigenvalue weighted by Crippen LogP contribution is -2.25. The van der Waals surface area contributed by atoms with Crippen molar-refractivity contribution in [1.82, 2.24) is 9.97 Å². The molecular formula is C17H17FN4O. The number of rotatable bonds is 4. The van der Waals surface area contributed by atoms with E-state index in [9.17, 15) is 9.50 Å². The summed E-state index contributed by atoms with van der Waals surface area (Å²) in [7, 11) is 0. The van der Waals surface area contributed by atoms with E-state index in [1.807, 2.05) is 31.2 Å². The third-order valence-electron chi connectivity index (χ3n) is 3.41. The summed E-state index contributed by atoms with van der Waals surface area (Å²) in [5.41, 5.74) is 6.42. The Morgan fingerprint density at radius 1 is 1.17 bits per heavy atom. The zero-order valence-corrected chi connectivity index (χ0v) is 12.6. The first kappa shape index (κ1) is 15.2. The predicted molar refractivity (Wildman–Crippen MR) is 88.7 cm³/mol. The van der Waals surface area contributed by atoms with E-state index in [2.05, 4.69) is 15.3 Å². The predicted octanol–water partition coefficient (Wildman–Crippen LogP) is 2.90. The minimum atomic E-state index is -0.571. The smallest absolute Gasteiger partial charge is 0.168 e. The van der Waals surface area contributed by atoms with Crippen molar-refractivity contribution in [1.29, 1.82) is 0 Å². The van der Waals surface area contributed by atoms with Crippen LogP contribution in [-0.4, -0.2) is 27.7 Å². The van der Waals surface area contributed by atoms with Crippen molar-refractivity contribution < 1.29 is 9.50 Å². The van der Waals surface area contributed by atoms with Gasteiger partial charge in [0, 0.05) is 18.0 Å². The molecule has 0 saturated heterocycles. The zero-order chi connectivity index (χ0) is 16.4. The molecule has 4 N–H and O–H groups in total. The molecule has 0 bridgehead atoms. The lowest BCUT2D eigenvalue weighted by molar-refractivity contribution is 0.471. The van der Waals surface area contributed by atoms with Crippen LogP contribution in [0, 0.1) is 5.82 Å². The average molecular weight is 312 g/mol. The van der Waals surface area contributed by atoms with Crippen LogP contribution >= 0.6 is 0 Å². The molecule has 3 aromatic rings. The van der Waals surface area contributed by atoms with Gasteiger partial charge in [0.2, 0.25) is 0 Å². The summed E-state index contributed by atoms with van der Waals surface area (Å²) >= 11 is 0. The van der Waals surface area contributed by atoms with Crippen molar-refractivity contribution in [2.75, 3.05) is 11.9 Å². The number of anilines is 1. The second kappa shape index (κ2) is 6.18. The molecule has 2 aromatic carbocycles. The van der Waals surface area contributed by atoms with E-state index in [0.29, 0.717) is 17.9 Å². The summed E-state index contributed by atoms with van der Waals surface area (Å²) in [6.07, 6.45) is 0. The third-order valence-corrected chi connectivity index (χ3v) is 3.41. The number of hydrogen-bond donors (Lipinski definition) is 3. The molecule has 3 rings (SSSR count). The number of para-hydroxylation sites is 1. The molecule has 0 saturated carbocycles. The monoisotopic (exact) mass is 312 g/mol. The van der Waals surface area contributed by atoms with Crippen molar-refractivity contribution in [3.63, 3.8) is 0 Å². The Bertz CT molecular complexity index is 831. The second-order valence-electron chi connectivity index (χ2n) is 5.41. The van der Waals surface area contributed by atoms with Gasteiger partial charge >= 0.3 is 0 Å². The Kier molecular flexibility index (Phi) is 4.08. The molecule has 0 amide bonds. The molecule has 0 aliphatic heterocycles. The Morgan fingerprint density at radius 3 is 2.70 bits per heavy atom. The highest BCUT2D eigenvalue weighted by atomic mass is 19.1. The summed E-state index contributed by atoms with van der Waals surface area (Å²) in [5, 5.41) is 13.9. The standard InChI is InChI=1S/C17H17FN4O/c1-10(19)9-20-16-11-5-2-3-7-13(11)21-17(22-16)15-12(18)6-4-8-14(15)23/h2-8,10,23H,9,19H2,1H3,(H,20,21,22). The molecule has 0 radical (unpaired) electrons. The number of nitrogens with one attached hydrogen (secondary N) is 1. The molecule has 0 fully saturated rings. The quantitative estimate of drug-likeness (QED) is 0.690. The number of fused-ring (bicyclic) bond motifs is 1. The topological polar surface area (TPSA) is 84.1 Å². The van der Waals surface area contributed by atoms with Crippen LogP contribution in [-0.2, 0) is 0 Å². The number of hydrogen-bond acceptors (Lipinski definition) is 5. The Balaban J connectivity index is 2.18. The van der Waals surface area contributed by atoms with E-state index in [4.69, 9.17) is 5.73 Å². The van der Waals surface area contributed by atoms with E-state index in [1.54, 1.807) is 0 Å². The van der Waals surface area contributed by atoms with E-state index < -0.39 is 5.82 Å². The molecule has 1 aromatic heterocycles. The number of phenols is 1. The molecule has 23 heavy (non-hydrogen) atoms. The fourth-order valence-electron chi connectivity index (χ4n) is 2.31.